The van der Waals surface area contributed by atoms with Crippen molar-refractivity contribution in [3.8, 4) is 0 Å². The van der Waals surface area contributed by atoms with Gasteiger partial charge in [-0.3, -0.25) is 5.01 Å². The maximum Gasteiger partial charge on any atom is 0.337 e. The van der Waals surface area contributed by atoms with Crippen molar-refractivity contribution in [2.45, 2.75) is 32.7 Å². The maximum absolute atomic E-state index is 12.6. The van der Waals surface area contributed by atoms with Crippen LogP contribution in [0.4, 0.5) is 5.69 Å². The molecule has 0 aliphatic carbocycles. The van der Waals surface area contributed by atoms with Crippen LogP contribution in [0.5, 0.6) is 0 Å². The number of hydrogen-bond acceptors (Lipinski definition) is 7. The van der Waals surface area contributed by atoms with E-state index in [-0.39, 0.29) is 13.2 Å². The molecule has 0 saturated carbocycles. The Morgan fingerprint density at radius 3 is 2.14 bits per heavy atom. The number of anilines is 1. The summed E-state index contributed by atoms with van der Waals surface area (Å²) in [5.41, 5.74) is 2.29. The Labute approximate surface area is 164 Å². The normalized spacial score (nSPS) is 16.1. The molecule has 0 fully saturated rings. The standard InChI is InChI=1S/C21H24N2O5/c1-3-27-20(25)18(21(26)28-4-2)23-19(24)16-12-8-9-13-17(16)22(23)14-15-10-6-5-7-11-15/h5-13,18-19,24H,3-4,14H2,1-2H3. The van der Waals surface area contributed by atoms with Gasteiger partial charge in [0.2, 0.25) is 6.04 Å². The third kappa shape index (κ3) is 3.85. The van der Waals surface area contributed by atoms with Gasteiger partial charge in [0, 0.05) is 5.56 Å². The third-order valence-electron chi connectivity index (χ3n) is 4.48. The number of aliphatic hydroxyl groups is 1. The number of aliphatic hydroxyl groups excluding tert-OH is 1. The van der Waals surface area contributed by atoms with Crippen LogP contribution in [0, 0.1) is 0 Å². The van der Waals surface area contributed by atoms with E-state index < -0.39 is 24.2 Å². The van der Waals surface area contributed by atoms with E-state index in [2.05, 4.69) is 0 Å². The average Bonchev–Trinajstić information content (AvgIpc) is 2.96. The fraction of sp³-hybridized carbons (Fsp3) is 0.333. The van der Waals surface area contributed by atoms with Crippen LogP contribution < -0.4 is 5.01 Å². The molecule has 7 nitrogen and oxygen atoms in total. The van der Waals surface area contributed by atoms with Crippen LogP contribution in [-0.2, 0) is 25.6 Å². The predicted molar refractivity (Wildman–Crippen MR) is 103 cm³/mol. The van der Waals surface area contributed by atoms with Gasteiger partial charge in [0.1, 0.15) is 0 Å². The smallest absolute Gasteiger partial charge is 0.337 e. The summed E-state index contributed by atoms with van der Waals surface area (Å²) in [5, 5.41) is 14.0. The summed E-state index contributed by atoms with van der Waals surface area (Å²) in [6, 6.07) is 15.5. The third-order valence-corrected chi connectivity index (χ3v) is 4.48. The van der Waals surface area contributed by atoms with E-state index in [0.717, 1.165) is 11.3 Å². The zero-order chi connectivity index (χ0) is 20.1. The number of esters is 2. The monoisotopic (exact) mass is 384 g/mol. The molecular formula is C21H24N2O5. The molecular weight excluding hydrogens is 360 g/mol. The summed E-state index contributed by atoms with van der Waals surface area (Å²) >= 11 is 0. The molecule has 0 saturated heterocycles. The molecule has 2 aromatic carbocycles. The van der Waals surface area contributed by atoms with Crippen LogP contribution in [-0.4, -0.2) is 41.3 Å². The van der Waals surface area contributed by atoms with Crippen molar-refractivity contribution in [1.82, 2.24) is 5.01 Å². The van der Waals surface area contributed by atoms with E-state index in [0.29, 0.717) is 12.1 Å². The Kier molecular flexibility index (Phi) is 6.28. The molecule has 0 bridgehead atoms. The largest absolute Gasteiger partial charge is 0.464 e. The average molecular weight is 384 g/mol. The van der Waals surface area contributed by atoms with Gasteiger partial charge >= 0.3 is 11.9 Å². The van der Waals surface area contributed by atoms with Crippen molar-refractivity contribution in [3.05, 3.63) is 65.7 Å². The first-order valence-corrected chi connectivity index (χ1v) is 9.28. The number of fused-ring (bicyclic) bond motifs is 1. The second kappa shape index (κ2) is 8.86. The highest BCUT2D eigenvalue weighted by Crippen LogP contribution is 2.41. The van der Waals surface area contributed by atoms with E-state index in [1.165, 1.54) is 5.01 Å². The SMILES string of the molecule is CCOC(=O)C(C(=O)OCC)N1C(O)c2ccccc2N1Cc1ccccc1. The van der Waals surface area contributed by atoms with Crippen molar-refractivity contribution in [3.63, 3.8) is 0 Å². The van der Waals surface area contributed by atoms with E-state index in [9.17, 15) is 14.7 Å². The van der Waals surface area contributed by atoms with Crippen LogP contribution in [0.3, 0.4) is 0 Å². The maximum atomic E-state index is 12.6. The summed E-state index contributed by atoms with van der Waals surface area (Å²) in [6.07, 6.45) is -1.18. The van der Waals surface area contributed by atoms with Crippen molar-refractivity contribution in [2.24, 2.45) is 0 Å². The van der Waals surface area contributed by atoms with Crippen LogP contribution in [0.2, 0.25) is 0 Å². The summed E-state index contributed by atoms with van der Waals surface area (Å²) < 4.78 is 10.2. The van der Waals surface area contributed by atoms with Gasteiger partial charge in [0.15, 0.2) is 6.23 Å². The number of carbonyl (C=O) groups excluding carboxylic acids is 2. The van der Waals surface area contributed by atoms with Gasteiger partial charge in [-0.25, -0.2) is 9.59 Å². The second-order valence-corrected chi connectivity index (χ2v) is 6.26. The molecule has 1 atom stereocenters. The Morgan fingerprint density at radius 1 is 0.964 bits per heavy atom. The summed E-state index contributed by atoms with van der Waals surface area (Å²) in [6.45, 7) is 3.92. The summed E-state index contributed by atoms with van der Waals surface area (Å²) in [7, 11) is 0. The van der Waals surface area contributed by atoms with E-state index >= 15 is 0 Å². The van der Waals surface area contributed by atoms with Gasteiger partial charge in [-0.15, -0.1) is 0 Å². The minimum absolute atomic E-state index is 0.115. The molecule has 7 heteroatoms. The Balaban J connectivity index is 2.03. The number of hydrazine groups is 1. The molecule has 1 unspecified atom stereocenters. The lowest BCUT2D eigenvalue weighted by atomic mass is 10.1. The van der Waals surface area contributed by atoms with Gasteiger partial charge in [-0.05, 0) is 25.5 Å². The van der Waals surface area contributed by atoms with Crippen LogP contribution in [0.1, 0.15) is 31.2 Å². The van der Waals surface area contributed by atoms with E-state index in [1.54, 1.807) is 31.0 Å². The van der Waals surface area contributed by atoms with Gasteiger partial charge in [0.25, 0.3) is 0 Å². The molecule has 148 valence electrons. The van der Waals surface area contributed by atoms with Gasteiger partial charge in [-0.1, -0.05) is 48.5 Å². The number of ether oxygens (including phenoxy) is 2. The molecule has 2 aromatic rings. The number of carbonyl (C=O) groups is 2. The quantitative estimate of drug-likeness (QED) is 0.580. The van der Waals surface area contributed by atoms with Gasteiger partial charge in [0.05, 0.1) is 25.4 Å². The van der Waals surface area contributed by atoms with Crippen LogP contribution >= 0.6 is 0 Å². The second-order valence-electron chi connectivity index (χ2n) is 6.26. The lowest BCUT2D eigenvalue weighted by Gasteiger charge is -2.35. The molecule has 1 heterocycles. The molecule has 1 aliphatic rings. The molecule has 0 spiro atoms. The Bertz CT molecular complexity index is 809. The summed E-state index contributed by atoms with van der Waals surface area (Å²) in [5.74, 6) is -1.52. The Morgan fingerprint density at radius 2 is 1.54 bits per heavy atom. The van der Waals surface area contributed by atoms with Gasteiger partial charge < -0.3 is 14.6 Å². The van der Waals surface area contributed by atoms with E-state index in [1.807, 2.05) is 42.5 Å². The van der Waals surface area contributed by atoms with Crippen molar-refractivity contribution >= 4 is 17.6 Å². The molecule has 3 rings (SSSR count). The number of hydrogen-bond donors (Lipinski definition) is 1. The molecule has 1 N–H and O–H groups in total. The molecule has 1 aliphatic heterocycles. The minimum atomic E-state index is -1.41. The highest BCUT2D eigenvalue weighted by molar-refractivity contribution is 5.99. The molecule has 28 heavy (non-hydrogen) atoms. The number of para-hydroxylation sites is 1. The topological polar surface area (TPSA) is 79.3 Å². The molecule has 0 aromatic heterocycles. The van der Waals surface area contributed by atoms with E-state index in [4.69, 9.17) is 9.47 Å². The molecule has 0 radical (unpaired) electrons. The number of rotatable bonds is 7. The number of nitrogens with zero attached hydrogens (tertiary/aromatic N) is 2. The highest BCUT2D eigenvalue weighted by atomic mass is 16.6. The Hall–Kier alpha value is -2.90. The van der Waals surface area contributed by atoms with Crippen LogP contribution in [0.15, 0.2) is 54.6 Å². The van der Waals surface area contributed by atoms with Gasteiger partial charge in [-0.2, -0.15) is 5.01 Å². The lowest BCUT2D eigenvalue weighted by Crippen LogP contribution is -2.55. The predicted octanol–water partition coefficient (Wildman–Crippen LogP) is 2.41. The van der Waals surface area contributed by atoms with Crippen molar-refractivity contribution < 1.29 is 24.2 Å². The first-order chi connectivity index (χ1) is 13.6. The minimum Gasteiger partial charge on any atom is -0.464 e. The zero-order valence-electron chi connectivity index (χ0n) is 15.9. The first kappa shape index (κ1) is 19.9. The number of benzene rings is 2. The summed E-state index contributed by atoms with van der Waals surface area (Å²) in [4.78, 5) is 25.3. The van der Waals surface area contributed by atoms with Crippen LogP contribution in [0.25, 0.3) is 0 Å². The highest BCUT2D eigenvalue weighted by Gasteiger charge is 2.47. The molecule has 0 amide bonds. The fourth-order valence-corrected chi connectivity index (χ4v) is 3.30. The fourth-order valence-electron chi connectivity index (χ4n) is 3.30. The van der Waals surface area contributed by atoms with Crippen molar-refractivity contribution in [1.29, 1.82) is 0 Å². The lowest BCUT2D eigenvalue weighted by molar-refractivity contribution is -0.170. The zero-order valence-corrected chi connectivity index (χ0v) is 15.9. The van der Waals surface area contributed by atoms with Crippen molar-refractivity contribution in [2.75, 3.05) is 18.2 Å². The first-order valence-electron chi connectivity index (χ1n) is 9.28.